The van der Waals surface area contributed by atoms with Gasteiger partial charge in [0.1, 0.15) is 16.9 Å². The second kappa shape index (κ2) is 5.01. The van der Waals surface area contributed by atoms with Crippen molar-refractivity contribution in [1.82, 2.24) is 9.55 Å². The van der Waals surface area contributed by atoms with Gasteiger partial charge < -0.3 is 10.3 Å². The summed E-state index contributed by atoms with van der Waals surface area (Å²) in [6, 6.07) is 2.36. The molecule has 1 amide bonds. The number of rotatable bonds is 4. The highest BCUT2D eigenvalue weighted by atomic mass is 35.5. The van der Waals surface area contributed by atoms with Crippen LogP contribution in [-0.4, -0.2) is 21.3 Å². The number of imidazole rings is 1. The largest absolute Gasteiger partial charge is 0.368 e. The average Bonchev–Trinajstić information content (AvgIpc) is 2.74. The van der Waals surface area contributed by atoms with E-state index in [0.717, 1.165) is 6.07 Å². The number of carbonyl (C=O) groups is 1. The Hall–Kier alpha value is -1.69. The third-order valence-electron chi connectivity index (χ3n) is 3.26. The Labute approximate surface area is 119 Å². The molecule has 0 unspecified atom stereocenters. The van der Waals surface area contributed by atoms with Crippen molar-refractivity contribution in [3.8, 4) is 0 Å². The van der Waals surface area contributed by atoms with Crippen molar-refractivity contribution in [2.75, 3.05) is 5.88 Å². The molecule has 2 rings (SSSR count). The van der Waals surface area contributed by atoms with Crippen LogP contribution in [0, 0.1) is 11.6 Å². The molecule has 2 aromatic rings. The van der Waals surface area contributed by atoms with Gasteiger partial charge in [-0.15, -0.1) is 11.6 Å². The molecule has 4 nitrogen and oxygen atoms in total. The number of primary amides is 1. The van der Waals surface area contributed by atoms with E-state index in [-0.39, 0.29) is 16.9 Å². The molecule has 0 spiro atoms. The van der Waals surface area contributed by atoms with E-state index < -0.39 is 23.1 Å². The number of amides is 1. The summed E-state index contributed by atoms with van der Waals surface area (Å²) < 4.78 is 28.9. The van der Waals surface area contributed by atoms with Gasteiger partial charge >= 0.3 is 0 Å². The number of carbonyl (C=O) groups excluding carboxylic acids is 1. The van der Waals surface area contributed by atoms with Crippen LogP contribution in [0.1, 0.15) is 19.7 Å². The van der Waals surface area contributed by atoms with Crippen molar-refractivity contribution in [3.05, 3.63) is 29.6 Å². The fourth-order valence-electron chi connectivity index (χ4n) is 2.12. The van der Waals surface area contributed by atoms with Crippen LogP contribution in [0.25, 0.3) is 11.0 Å². The standard InChI is InChI=1S/C13H14ClF2N3O/c1-13(2,12(17)20)19-9(5-6-14)18-8-4-3-7(15)10(16)11(8)19/h3-4H,5-6H2,1-2H3,(H2,17,20). The predicted octanol–water partition coefficient (Wildman–Crippen LogP) is 2.32. The molecule has 1 heterocycles. The van der Waals surface area contributed by atoms with Crippen molar-refractivity contribution < 1.29 is 13.6 Å². The normalized spacial score (nSPS) is 12.1. The van der Waals surface area contributed by atoms with E-state index >= 15 is 0 Å². The fraction of sp³-hybridized carbons (Fsp3) is 0.385. The van der Waals surface area contributed by atoms with Crippen LogP contribution in [0.3, 0.4) is 0 Å². The predicted molar refractivity (Wildman–Crippen MR) is 72.6 cm³/mol. The first-order valence-electron chi connectivity index (χ1n) is 6.02. The van der Waals surface area contributed by atoms with Crippen LogP contribution >= 0.6 is 11.6 Å². The summed E-state index contributed by atoms with van der Waals surface area (Å²) in [5, 5.41) is 0. The molecule has 0 radical (unpaired) electrons. The Morgan fingerprint density at radius 3 is 2.65 bits per heavy atom. The molecule has 0 bridgehead atoms. The van der Waals surface area contributed by atoms with Crippen molar-refractivity contribution >= 4 is 28.5 Å². The quantitative estimate of drug-likeness (QED) is 0.881. The Kier molecular flexibility index (Phi) is 3.69. The molecular weight excluding hydrogens is 288 g/mol. The van der Waals surface area contributed by atoms with Crippen molar-refractivity contribution in [2.45, 2.75) is 25.8 Å². The van der Waals surface area contributed by atoms with E-state index in [2.05, 4.69) is 4.98 Å². The lowest BCUT2D eigenvalue weighted by Crippen LogP contribution is -2.42. The number of hydrogen-bond donors (Lipinski definition) is 1. The molecule has 0 saturated carbocycles. The minimum Gasteiger partial charge on any atom is -0.368 e. The lowest BCUT2D eigenvalue weighted by molar-refractivity contribution is -0.125. The molecule has 0 atom stereocenters. The summed E-state index contributed by atoms with van der Waals surface area (Å²) in [4.78, 5) is 15.9. The summed E-state index contributed by atoms with van der Waals surface area (Å²) in [6.07, 6.45) is 0.313. The number of benzene rings is 1. The third kappa shape index (κ3) is 2.14. The zero-order valence-electron chi connectivity index (χ0n) is 11.1. The summed E-state index contributed by atoms with van der Waals surface area (Å²) >= 11 is 5.70. The zero-order chi connectivity index (χ0) is 15.1. The van der Waals surface area contributed by atoms with E-state index in [1.807, 2.05) is 0 Å². The van der Waals surface area contributed by atoms with Crippen LogP contribution in [0.4, 0.5) is 8.78 Å². The third-order valence-corrected chi connectivity index (χ3v) is 3.45. The molecule has 108 valence electrons. The highest BCUT2D eigenvalue weighted by Crippen LogP contribution is 2.29. The molecule has 0 aliphatic carbocycles. The number of aromatic nitrogens is 2. The minimum absolute atomic E-state index is 0.0751. The van der Waals surface area contributed by atoms with Gasteiger partial charge in [-0.1, -0.05) is 0 Å². The number of hydrogen-bond acceptors (Lipinski definition) is 2. The van der Waals surface area contributed by atoms with Gasteiger partial charge in [-0.2, -0.15) is 0 Å². The maximum absolute atomic E-state index is 14.1. The summed E-state index contributed by atoms with van der Waals surface area (Å²) in [6.45, 7) is 3.05. The lowest BCUT2D eigenvalue weighted by Gasteiger charge is -2.26. The number of nitrogens with two attached hydrogens (primary N) is 1. The second-order valence-corrected chi connectivity index (χ2v) is 5.33. The summed E-state index contributed by atoms with van der Waals surface area (Å²) in [7, 11) is 0. The van der Waals surface area contributed by atoms with E-state index in [0.29, 0.717) is 12.2 Å². The van der Waals surface area contributed by atoms with E-state index in [1.165, 1.54) is 24.5 Å². The zero-order valence-corrected chi connectivity index (χ0v) is 11.8. The van der Waals surface area contributed by atoms with Gasteiger partial charge in [0.25, 0.3) is 0 Å². The number of fused-ring (bicyclic) bond motifs is 1. The smallest absolute Gasteiger partial charge is 0.243 e. The first-order valence-corrected chi connectivity index (χ1v) is 6.55. The molecule has 7 heteroatoms. The van der Waals surface area contributed by atoms with Crippen LogP contribution in [-0.2, 0) is 16.8 Å². The topological polar surface area (TPSA) is 60.9 Å². The molecule has 1 aromatic carbocycles. The van der Waals surface area contributed by atoms with Gasteiger partial charge in [0.15, 0.2) is 11.6 Å². The van der Waals surface area contributed by atoms with E-state index in [1.54, 1.807) is 0 Å². The van der Waals surface area contributed by atoms with Crippen molar-refractivity contribution in [1.29, 1.82) is 0 Å². The Bertz CT molecular complexity index is 682. The van der Waals surface area contributed by atoms with Crippen LogP contribution in [0.2, 0.25) is 0 Å². The molecule has 0 aliphatic heterocycles. The maximum atomic E-state index is 14.1. The fourth-order valence-corrected chi connectivity index (χ4v) is 2.28. The molecule has 0 fully saturated rings. The highest BCUT2D eigenvalue weighted by molar-refractivity contribution is 6.17. The van der Waals surface area contributed by atoms with Gasteiger partial charge in [-0.25, -0.2) is 13.8 Å². The monoisotopic (exact) mass is 301 g/mol. The van der Waals surface area contributed by atoms with E-state index in [9.17, 15) is 13.6 Å². The second-order valence-electron chi connectivity index (χ2n) is 4.95. The van der Waals surface area contributed by atoms with Gasteiger partial charge in [-0.05, 0) is 26.0 Å². The summed E-state index contributed by atoms with van der Waals surface area (Å²) in [5.74, 6) is -2.09. The van der Waals surface area contributed by atoms with Gasteiger partial charge in [-0.3, -0.25) is 4.79 Å². The maximum Gasteiger partial charge on any atom is 0.243 e. The van der Waals surface area contributed by atoms with Crippen molar-refractivity contribution in [2.24, 2.45) is 5.73 Å². The van der Waals surface area contributed by atoms with Crippen LogP contribution in [0.5, 0.6) is 0 Å². The number of alkyl halides is 1. The number of aryl methyl sites for hydroxylation is 1. The SMILES string of the molecule is CC(C)(C(N)=O)n1c(CCCl)nc2ccc(F)c(F)c21. The van der Waals surface area contributed by atoms with Crippen LogP contribution in [0.15, 0.2) is 12.1 Å². The average molecular weight is 302 g/mol. The van der Waals surface area contributed by atoms with E-state index in [4.69, 9.17) is 17.3 Å². The molecule has 20 heavy (non-hydrogen) atoms. The molecular formula is C13H14ClF2N3O. The number of nitrogens with zero attached hydrogens (tertiary/aromatic N) is 2. The molecule has 0 saturated heterocycles. The Morgan fingerprint density at radius 2 is 2.10 bits per heavy atom. The molecule has 0 aliphatic rings. The summed E-state index contributed by atoms with van der Waals surface area (Å²) in [5.41, 5.74) is 4.31. The Morgan fingerprint density at radius 1 is 1.45 bits per heavy atom. The highest BCUT2D eigenvalue weighted by Gasteiger charge is 2.33. The molecule has 1 aromatic heterocycles. The Balaban J connectivity index is 2.87. The van der Waals surface area contributed by atoms with Gasteiger partial charge in [0, 0.05) is 12.3 Å². The van der Waals surface area contributed by atoms with Gasteiger partial charge in [0.05, 0.1) is 5.52 Å². The minimum atomic E-state index is -1.25. The number of halogens is 3. The first-order chi connectivity index (χ1) is 9.30. The lowest BCUT2D eigenvalue weighted by atomic mass is 10.0. The first kappa shape index (κ1) is 14.7. The van der Waals surface area contributed by atoms with Crippen molar-refractivity contribution in [3.63, 3.8) is 0 Å². The van der Waals surface area contributed by atoms with Gasteiger partial charge in [0.2, 0.25) is 5.91 Å². The van der Waals surface area contributed by atoms with Crippen LogP contribution < -0.4 is 5.73 Å². The molecule has 2 N–H and O–H groups in total.